The molecule has 1 fully saturated rings. The lowest BCUT2D eigenvalue weighted by atomic mass is 9.93. The van der Waals surface area contributed by atoms with E-state index in [0.29, 0.717) is 5.69 Å². The van der Waals surface area contributed by atoms with Crippen molar-refractivity contribution in [2.75, 3.05) is 4.90 Å². The van der Waals surface area contributed by atoms with Crippen molar-refractivity contribution in [1.29, 1.82) is 0 Å². The first-order chi connectivity index (χ1) is 9.08. The number of hydrogen-bond acceptors (Lipinski definition) is 3. The van der Waals surface area contributed by atoms with Crippen molar-refractivity contribution in [2.24, 2.45) is 5.73 Å². The molecule has 0 radical (unpaired) electrons. The van der Waals surface area contributed by atoms with E-state index in [1.165, 1.54) is 12.1 Å². The summed E-state index contributed by atoms with van der Waals surface area (Å²) >= 11 is 4.95. The number of halogens is 2. The molecule has 1 aromatic heterocycles. The number of anilines is 1. The second-order valence-corrected chi connectivity index (χ2v) is 6.79. The Labute approximate surface area is 122 Å². The molecular weight excluding hydrogens is 331 g/mol. The molecule has 0 aliphatic carbocycles. The van der Waals surface area contributed by atoms with E-state index in [-0.39, 0.29) is 17.8 Å². The van der Waals surface area contributed by atoms with Crippen molar-refractivity contribution in [3.8, 4) is 0 Å². The summed E-state index contributed by atoms with van der Waals surface area (Å²) < 4.78 is 13.9. The van der Waals surface area contributed by atoms with E-state index in [1.54, 1.807) is 28.4 Å². The topological polar surface area (TPSA) is 46.3 Å². The van der Waals surface area contributed by atoms with Crippen LogP contribution >= 0.6 is 27.3 Å². The van der Waals surface area contributed by atoms with Gasteiger partial charge in [-0.05, 0) is 52.3 Å². The van der Waals surface area contributed by atoms with Crippen LogP contribution in [0.25, 0.3) is 0 Å². The summed E-state index contributed by atoms with van der Waals surface area (Å²) in [7, 11) is 0. The number of β-lactam (4-membered cyclic amide) rings is 1. The summed E-state index contributed by atoms with van der Waals surface area (Å²) in [6.07, 6.45) is 0. The monoisotopic (exact) mass is 340 g/mol. The van der Waals surface area contributed by atoms with Gasteiger partial charge in [-0.25, -0.2) is 4.39 Å². The molecule has 0 saturated carbocycles. The number of hydrogen-bond donors (Lipinski definition) is 1. The molecule has 3 nitrogen and oxygen atoms in total. The van der Waals surface area contributed by atoms with Crippen LogP contribution in [0.5, 0.6) is 0 Å². The number of thiophene rings is 1. The normalized spacial score (nSPS) is 22.5. The average molecular weight is 341 g/mol. The lowest BCUT2D eigenvalue weighted by molar-refractivity contribution is -0.126. The van der Waals surface area contributed by atoms with Crippen LogP contribution in [0, 0.1) is 5.82 Å². The van der Waals surface area contributed by atoms with Gasteiger partial charge in [0.15, 0.2) is 0 Å². The Bertz CT molecular complexity index is 628. The number of nitrogens with two attached hydrogens (primary N) is 1. The predicted molar refractivity (Wildman–Crippen MR) is 76.6 cm³/mol. The molecule has 2 aromatic rings. The van der Waals surface area contributed by atoms with Crippen LogP contribution in [0.3, 0.4) is 0 Å². The third-order valence-corrected chi connectivity index (χ3v) is 4.83. The van der Waals surface area contributed by atoms with Crippen LogP contribution in [0.2, 0.25) is 0 Å². The number of rotatable bonds is 2. The minimum atomic E-state index is -0.532. The molecule has 3 rings (SSSR count). The lowest BCUT2D eigenvalue weighted by Gasteiger charge is -2.44. The molecule has 98 valence electrons. The third-order valence-electron chi connectivity index (χ3n) is 3.13. The van der Waals surface area contributed by atoms with Gasteiger partial charge in [-0.1, -0.05) is 0 Å². The van der Waals surface area contributed by atoms with Gasteiger partial charge in [0.2, 0.25) is 5.91 Å². The number of carbonyl (C=O) groups excluding carboxylic acids is 1. The molecule has 1 aliphatic rings. The molecule has 1 aliphatic heterocycles. The molecule has 0 unspecified atom stereocenters. The van der Waals surface area contributed by atoms with E-state index in [0.717, 1.165) is 8.66 Å². The van der Waals surface area contributed by atoms with Gasteiger partial charge >= 0.3 is 0 Å². The maximum absolute atomic E-state index is 12.9. The van der Waals surface area contributed by atoms with Crippen LogP contribution < -0.4 is 10.6 Å². The Morgan fingerprint density at radius 2 is 1.89 bits per heavy atom. The molecule has 19 heavy (non-hydrogen) atoms. The van der Waals surface area contributed by atoms with Crippen molar-refractivity contribution in [1.82, 2.24) is 0 Å². The fraction of sp³-hybridized carbons (Fsp3) is 0.154. The SMILES string of the molecule is N[C@@H]1C(=O)N(c2ccc(F)cc2)[C@@H]1c1ccc(Br)s1. The Morgan fingerprint density at radius 3 is 2.47 bits per heavy atom. The van der Waals surface area contributed by atoms with Crippen LogP contribution in [0.15, 0.2) is 40.2 Å². The molecule has 2 atom stereocenters. The Kier molecular flexibility index (Phi) is 3.16. The quantitative estimate of drug-likeness (QED) is 0.854. The molecule has 2 N–H and O–H groups in total. The maximum Gasteiger partial charge on any atom is 0.247 e. The smallest absolute Gasteiger partial charge is 0.247 e. The standard InChI is InChI=1S/C13H10BrFN2OS/c14-10-6-5-9(19-10)12-11(16)13(18)17(12)8-3-1-7(15)2-4-8/h1-6,11-12H,16H2/t11-,12+/m0/s1. The Hall–Kier alpha value is -1.24. The first-order valence-corrected chi connectivity index (χ1v) is 7.28. The second-order valence-electron chi connectivity index (χ2n) is 4.30. The van der Waals surface area contributed by atoms with E-state index in [2.05, 4.69) is 15.9 Å². The zero-order chi connectivity index (χ0) is 13.6. The van der Waals surface area contributed by atoms with Crippen molar-refractivity contribution >= 4 is 38.9 Å². The van der Waals surface area contributed by atoms with Gasteiger partial charge in [0.1, 0.15) is 11.9 Å². The van der Waals surface area contributed by atoms with Crippen LogP contribution in [0.4, 0.5) is 10.1 Å². The fourth-order valence-corrected chi connectivity index (χ4v) is 3.76. The second kappa shape index (κ2) is 4.70. The zero-order valence-corrected chi connectivity index (χ0v) is 12.1. The van der Waals surface area contributed by atoms with Gasteiger partial charge < -0.3 is 10.6 Å². The van der Waals surface area contributed by atoms with E-state index in [4.69, 9.17) is 5.73 Å². The summed E-state index contributed by atoms with van der Waals surface area (Å²) in [5.41, 5.74) is 6.56. The van der Waals surface area contributed by atoms with Gasteiger partial charge in [-0.15, -0.1) is 11.3 Å². The molecule has 1 aromatic carbocycles. The van der Waals surface area contributed by atoms with Crippen LogP contribution in [0.1, 0.15) is 10.9 Å². The summed E-state index contributed by atoms with van der Waals surface area (Å²) in [4.78, 5) is 14.6. The molecule has 0 bridgehead atoms. The summed E-state index contributed by atoms with van der Waals surface area (Å²) in [6, 6.07) is 9.04. The van der Waals surface area contributed by atoms with Crippen molar-refractivity contribution in [3.63, 3.8) is 0 Å². The first-order valence-electron chi connectivity index (χ1n) is 5.67. The Morgan fingerprint density at radius 1 is 1.21 bits per heavy atom. The zero-order valence-electron chi connectivity index (χ0n) is 9.72. The van der Waals surface area contributed by atoms with Crippen molar-refractivity contribution in [3.05, 3.63) is 50.9 Å². The third kappa shape index (κ3) is 2.09. The van der Waals surface area contributed by atoms with Gasteiger partial charge in [0.25, 0.3) is 0 Å². The van der Waals surface area contributed by atoms with E-state index in [1.807, 2.05) is 12.1 Å². The van der Waals surface area contributed by atoms with Gasteiger partial charge in [-0.2, -0.15) is 0 Å². The highest BCUT2D eigenvalue weighted by molar-refractivity contribution is 9.11. The summed E-state index contributed by atoms with van der Waals surface area (Å²) in [6.45, 7) is 0. The van der Waals surface area contributed by atoms with Gasteiger partial charge in [-0.3, -0.25) is 4.79 Å². The number of nitrogens with zero attached hydrogens (tertiary/aromatic N) is 1. The highest BCUT2D eigenvalue weighted by atomic mass is 79.9. The predicted octanol–water partition coefficient (Wildman–Crippen LogP) is 3.06. The van der Waals surface area contributed by atoms with Gasteiger partial charge in [0.05, 0.1) is 9.83 Å². The average Bonchev–Trinajstić information content (AvgIpc) is 2.82. The minimum Gasteiger partial charge on any atom is -0.318 e. The fourth-order valence-electron chi connectivity index (χ4n) is 2.19. The molecule has 0 spiro atoms. The highest BCUT2D eigenvalue weighted by Gasteiger charge is 2.47. The molecular formula is C13H10BrFN2OS. The van der Waals surface area contributed by atoms with Crippen molar-refractivity contribution < 1.29 is 9.18 Å². The highest BCUT2D eigenvalue weighted by Crippen LogP contribution is 2.41. The largest absolute Gasteiger partial charge is 0.318 e. The lowest BCUT2D eigenvalue weighted by Crippen LogP contribution is -2.63. The molecule has 2 heterocycles. The number of benzene rings is 1. The molecule has 6 heteroatoms. The summed E-state index contributed by atoms with van der Waals surface area (Å²) in [5, 5.41) is 0. The number of carbonyl (C=O) groups is 1. The molecule has 1 amide bonds. The first kappa shape index (κ1) is 12.8. The molecule has 1 saturated heterocycles. The van der Waals surface area contributed by atoms with Crippen LogP contribution in [-0.4, -0.2) is 11.9 Å². The van der Waals surface area contributed by atoms with Crippen molar-refractivity contribution in [2.45, 2.75) is 12.1 Å². The minimum absolute atomic E-state index is 0.138. The van der Waals surface area contributed by atoms with E-state index >= 15 is 0 Å². The van der Waals surface area contributed by atoms with E-state index in [9.17, 15) is 9.18 Å². The Balaban J connectivity index is 1.95. The summed E-state index contributed by atoms with van der Waals surface area (Å²) in [5.74, 6) is -0.461. The maximum atomic E-state index is 12.9. The van der Waals surface area contributed by atoms with Crippen LogP contribution in [-0.2, 0) is 4.79 Å². The number of amides is 1. The van der Waals surface area contributed by atoms with E-state index < -0.39 is 6.04 Å². The van der Waals surface area contributed by atoms with Gasteiger partial charge in [0, 0.05) is 10.6 Å².